The van der Waals surface area contributed by atoms with Gasteiger partial charge in [-0.25, -0.2) is 12.8 Å². The van der Waals surface area contributed by atoms with E-state index >= 15 is 0 Å². The van der Waals surface area contributed by atoms with Gasteiger partial charge in [0.05, 0.1) is 9.92 Å². The number of rotatable bonds is 2. The van der Waals surface area contributed by atoms with E-state index in [-0.39, 0.29) is 28.9 Å². The van der Waals surface area contributed by atoms with Crippen molar-refractivity contribution in [3.05, 3.63) is 29.0 Å². The fourth-order valence-electron chi connectivity index (χ4n) is 1.86. The Labute approximate surface area is 115 Å². The van der Waals surface area contributed by atoms with E-state index in [0.29, 0.717) is 0 Å². The van der Waals surface area contributed by atoms with Gasteiger partial charge in [0, 0.05) is 13.1 Å². The molecule has 1 saturated heterocycles. The Balaban J connectivity index is 2.41. The third-order valence-corrected chi connectivity index (χ3v) is 5.20. The molecular formula is C11H12ClFN2O3S. The first-order valence-corrected chi connectivity index (χ1v) is 7.40. The Morgan fingerprint density at radius 3 is 2.79 bits per heavy atom. The SMILES string of the molecule is CC1C(=O)NCCN1S(=O)(=O)c1ccc(F)c(Cl)c1. The van der Waals surface area contributed by atoms with Crippen LogP contribution in [-0.4, -0.2) is 37.8 Å². The minimum absolute atomic E-state index is 0.125. The predicted octanol–water partition coefficient (Wildman–Crippen LogP) is 0.988. The number of sulfonamides is 1. The lowest BCUT2D eigenvalue weighted by atomic mass is 10.2. The molecule has 0 saturated carbocycles. The molecule has 8 heteroatoms. The van der Waals surface area contributed by atoms with Crippen LogP contribution in [0.5, 0.6) is 0 Å². The van der Waals surface area contributed by atoms with Crippen LogP contribution in [0.25, 0.3) is 0 Å². The van der Waals surface area contributed by atoms with Crippen LogP contribution in [-0.2, 0) is 14.8 Å². The van der Waals surface area contributed by atoms with Crippen LogP contribution in [0, 0.1) is 5.82 Å². The molecule has 1 unspecified atom stereocenters. The van der Waals surface area contributed by atoms with Gasteiger partial charge < -0.3 is 5.32 Å². The van der Waals surface area contributed by atoms with E-state index in [1.165, 1.54) is 6.92 Å². The number of halogens is 2. The van der Waals surface area contributed by atoms with E-state index in [0.717, 1.165) is 22.5 Å². The molecule has 5 nitrogen and oxygen atoms in total. The summed E-state index contributed by atoms with van der Waals surface area (Å²) in [7, 11) is -3.86. The zero-order chi connectivity index (χ0) is 14.2. The third-order valence-electron chi connectivity index (χ3n) is 2.94. The van der Waals surface area contributed by atoms with E-state index in [4.69, 9.17) is 11.6 Å². The first kappa shape index (κ1) is 14.2. The quantitative estimate of drug-likeness (QED) is 0.886. The lowest BCUT2D eigenvalue weighted by molar-refractivity contribution is -0.126. The predicted molar refractivity (Wildman–Crippen MR) is 67.8 cm³/mol. The second-order valence-corrected chi connectivity index (χ2v) is 6.46. The van der Waals surface area contributed by atoms with Gasteiger partial charge in [0.1, 0.15) is 11.9 Å². The maximum Gasteiger partial charge on any atom is 0.243 e. The molecule has 1 aliphatic heterocycles. The van der Waals surface area contributed by atoms with Gasteiger partial charge in [-0.2, -0.15) is 4.31 Å². The average Bonchev–Trinajstić information content (AvgIpc) is 2.35. The Bertz CT molecular complexity index is 620. The Hall–Kier alpha value is -1.18. The molecule has 1 fully saturated rings. The molecule has 0 aromatic heterocycles. The molecule has 0 bridgehead atoms. The van der Waals surface area contributed by atoms with E-state index < -0.39 is 21.9 Å². The first-order valence-electron chi connectivity index (χ1n) is 5.58. The summed E-state index contributed by atoms with van der Waals surface area (Å²) in [5.74, 6) is -1.05. The van der Waals surface area contributed by atoms with Crippen molar-refractivity contribution >= 4 is 27.5 Å². The van der Waals surface area contributed by atoms with Crippen molar-refractivity contribution in [3.8, 4) is 0 Å². The van der Waals surface area contributed by atoms with Gasteiger partial charge in [-0.1, -0.05) is 11.6 Å². The Morgan fingerprint density at radius 1 is 1.47 bits per heavy atom. The first-order chi connectivity index (χ1) is 8.84. The van der Waals surface area contributed by atoms with Crippen molar-refractivity contribution in [2.75, 3.05) is 13.1 Å². The Morgan fingerprint density at radius 2 is 2.16 bits per heavy atom. The van der Waals surface area contributed by atoms with Gasteiger partial charge in [0.2, 0.25) is 15.9 Å². The van der Waals surface area contributed by atoms with Gasteiger partial charge in [0.25, 0.3) is 0 Å². The highest BCUT2D eigenvalue weighted by atomic mass is 35.5. The summed E-state index contributed by atoms with van der Waals surface area (Å²) >= 11 is 5.59. The van der Waals surface area contributed by atoms with Crippen molar-refractivity contribution in [1.29, 1.82) is 0 Å². The molecular weight excluding hydrogens is 295 g/mol. The van der Waals surface area contributed by atoms with Crippen LogP contribution < -0.4 is 5.32 Å². The molecule has 104 valence electrons. The van der Waals surface area contributed by atoms with Gasteiger partial charge in [0.15, 0.2) is 0 Å². The van der Waals surface area contributed by atoms with Crippen LogP contribution in [0.4, 0.5) is 4.39 Å². The standard InChI is InChI=1S/C11H12ClFN2O3S/c1-7-11(16)14-4-5-15(7)19(17,18)8-2-3-10(13)9(12)6-8/h2-3,6-7H,4-5H2,1H3,(H,14,16). The fourth-order valence-corrected chi connectivity index (χ4v) is 3.73. The molecule has 1 aliphatic rings. The highest BCUT2D eigenvalue weighted by Gasteiger charge is 2.35. The van der Waals surface area contributed by atoms with Gasteiger partial charge in [-0.3, -0.25) is 4.79 Å². The highest BCUT2D eigenvalue weighted by Crippen LogP contribution is 2.24. The lowest BCUT2D eigenvalue weighted by Gasteiger charge is -2.31. The lowest BCUT2D eigenvalue weighted by Crippen LogP contribution is -2.55. The molecule has 2 rings (SSSR count). The molecule has 1 heterocycles. The maximum absolute atomic E-state index is 13.1. The number of carbonyl (C=O) groups excluding carboxylic acids is 1. The number of hydrogen-bond donors (Lipinski definition) is 1. The summed E-state index contributed by atoms with van der Waals surface area (Å²) in [4.78, 5) is 11.4. The van der Waals surface area contributed by atoms with Crippen molar-refractivity contribution < 1.29 is 17.6 Å². The Kier molecular flexibility index (Phi) is 3.80. The van der Waals surface area contributed by atoms with E-state index in [1.807, 2.05) is 0 Å². The van der Waals surface area contributed by atoms with Gasteiger partial charge in [-0.05, 0) is 25.1 Å². The van der Waals surface area contributed by atoms with Crippen LogP contribution in [0.2, 0.25) is 5.02 Å². The number of carbonyl (C=O) groups is 1. The summed E-state index contributed by atoms with van der Waals surface area (Å²) in [5, 5.41) is 2.31. The third kappa shape index (κ3) is 2.58. The fraction of sp³-hybridized carbons (Fsp3) is 0.364. The minimum Gasteiger partial charge on any atom is -0.353 e. The number of amides is 1. The monoisotopic (exact) mass is 306 g/mol. The zero-order valence-electron chi connectivity index (χ0n) is 10.1. The van der Waals surface area contributed by atoms with E-state index in [2.05, 4.69) is 5.32 Å². The largest absolute Gasteiger partial charge is 0.353 e. The molecule has 1 aromatic rings. The normalized spacial score (nSPS) is 21.2. The number of hydrogen-bond acceptors (Lipinski definition) is 3. The van der Waals surface area contributed by atoms with Crippen molar-refractivity contribution in [3.63, 3.8) is 0 Å². The molecule has 1 amide bonds. The van der Waals surface area contributed by atoms with Crippen molar-refractivity contribution in [2.45, 2.75) is 17.9 Å². The summed E-state index contributed by atoms with van der Waals surface area (Å²) < 4.78 is 38.9. The molecule has 19 heavy (non-hydrogen) atoms. The summed E-state index contributed by atoms with van der Waals surface area (Å²) in [5.41, 5.74) is 0. The van der Waals surface area contributed by atoms with Gasteiger partial charge in [-0.15, -0.1) is 0 Å². The van der Waals surface area contributed by atoms with E-state index in [9.17, 15) is 17.6 Å². The number of benzene rings is 1. The summed E-state index contributed by atoms with van der Waals surface area (Å²) in [6, 6.07) is 2.37. The van der Waals surface area contributed by atoms with Crippen LogP contribution in [0.1, 0.15) is 6.92 Å². The van der Waals surface area contributed by atoms with Crippen molar-refractivity contribution in [2.24, 2.45) is 0 Å². The second-order valence-electron chi connectivity index (χ2n) is 4.16. The highest BCUT2D eigenvalue weighted by molar-refractivity contribution is 7.89. The van der Waals surface area contributed by atoms with Crippen molar-refractivity contribution in [1.82, 2.24) is 9.62 Å². The molecule has 1 aromatic carbocycles. The summed E-state index contributed by atoms with van der Waals surface area (Å²) in [6.45, 7) is 1.92. The molecule has 1 N–H and O–H groups in total. The molecule has 0 spiro atoms. The van der Waals surface area contributed by atoms with Crippen LogP contribution in [0.15, 0.2) is 23.1 Å². The summed E-state index contributed by atoms with van der Waals surface area (Å²) in [6.07, 6.45) is 0. The number of nitrogens with one attached hydrogen (secondary N) is 1. The zero-order valence-corrected chi connectivity index (χ0v) is 11.6. The second kappa shape index (κ2) is 5.07. The average molecular weight is 307 g/mol. The van der Waals surface area contributed by atoms with Gasteiger partial charge >= 0.3 is 0 Å². The molecule has 0 aliphatic carbocycles. The number of piperazine rings is 1. The topological polar surface area (TPSA) is 66.5 Å². The van der Waals surface area contributed by atoms with Crippen LogP contribution >= 0.6 is 11.6 Å². The minimum atomic E-state index is -3.86. The number of nitrogens with zero attached hydrogens (tertiary/aromatic N) is 1. The van der Waals surface area contributed by atoms with E-state index in [1.54, 1.807) is 0 Å². The smallest absolute Gasteiger partial charge is 0.243 e. The maximum atomic E-state index is 13.1. The van der Waals surface area contributed by atoms with Crippen LogP contribution in [0.3, 0.4) is 0 Å². The molecule has 1 atom stereocenters. The molecule has 0 radical (unpaired) electrons.